The molecule has 0 bridgehead atoms. The van der Waals surface area contributed by atoms with Gasteiger partial charge < -0.3 is 10.2 Å². The highest BCUT2D eigenvalue weighted by Crippen LogP contribution is 2.26. The highest BCUT2D eigenvalue weighted by atomic mass is 35.5. The number of hydrogen-bond donors (Lipinski definition) is 2. The van der Waals surface area contributed by atoms with Crippen molar-refractivity contribution in [2.75, 3.05) is 5.75 Å². The van der Waals surface area contributed by atoms with Gasteiger partial charge in [-0.3, -0.25) is 4.79 Å². The van der Waals surface area contributed by atoms with Crippen molar-refractivity contribution in [3.63, 3.8) is 0 Å². The van der Waals surface area contributed by atoms with Crippen molar-refractivity contribution in [2.24, 2.45) is 0 Å². The lowest BCUT2D eigenvalue weighted by molar-refractivity contribution is 0.102. The van der Waals surface area contributed by atoms with E-state index in [9.17, 15) is 15.0 Å². The van der Waals surface area contributed by atoms with Gasteiger partial charge in [-0.1, -0.05) is 23.4 Å². The first-order valence-electron chi connectivity index (χ1n) is 6.77. The maximum atomic E-state index is 12.2. The van der Waals surface area contributed by atoms with Crippen LogP contribution < -0.4 is 0 Å². The molecule has 0 unspecified atom stereocenters. The number of nitrogens with zero attached hydrogens (tertiary/aromatic N) is 4. The summed E-state index contributed by atoms with van der Waals surface area (Å²) in [4.78, 5) is 12.2. The smallest absolute Gasteiger partial charge is 0.214 e. The third-order valence-corrected chi connectivity index (χ3v) is 4.31. The molecule has 0 saturated heterocycles. The zero-order valence-corrected chi connectivity index (χ0v) is 13.7. The largest absolute Gasteiger partial charge is 0.504 e. The molecule has 0 aliphatic heterocycles. The molecule has 0 fully saturated rings. The Morgan fingerprint density at radius 3 is 2.58 bits per heavy atom. The Hall–Kier alpha value is -2.58. The van der Waals surface area contributed by atoms with Gasteiger partial charge in [0, 0.05) is 10.6 Å². The number of phenolic OH excluding ortho intramolecular Hbond substituents is 2. The van der Waals surface area contributed by atoms with Crippen LogP contribution in [0.2, 0.25) is 5.02 Å². The molecule has 2 aromatic carbocycles. The van der Waals surface area contributed by atoms with E-state index in [1.165, 1.54) is 34.6 Å². The van der Waals surface area contributed by atoms with E-state index in [0.29, 0.717) is 15.7 Å². The fraction of sp³-hybridized carbons (Fsp3) is 0.0667. The minimum Gasteiger partial charge on any atom is -0.504 e. The third-order valence-electron chi connectivity index (χ3n) is 3.14. The molecule has 3 aromatic rings. The topological polar surface area (TPSA) is 101 Å². The predicted molar refractivity (Wildman–Crippen MR) is 89.0 cm³/mol. The maximum Gasteiger partial charge on any atom is 0.214 e. The number of halogens is 1. The number of tetrazole rings is 1. The van der Waals surface area contributed by atoms with Crippen LogP contribution in [0.25, 0.3) is 5.69 Å². The standard InChI is InChI=1S/C15H11ClN4O3S/c16-10-2-4-11(5-3-10)20-15(17-18-19-20)24-8-14(23)9-1-6-12(21)13(22)7-9/h1-7,21-22H,8H2. The number of Topliss-reactive ketones (excluding diaryl/α,β-unsaturated/α-hetero) is 1. The number of rotatable bonds is 5. The van der Waals surface area contributed by atoms with Crippen LogP contribution in [-0.4, -0.2) is 42.0 Å². The van der Waals surface area contributed by atoms with Crippen LogP contribution >= 0.6 is 23.4 Å². The number of aromatic nitrogens is 4. The lowest BCUT2D eigenvalue weighted by Crippen LogP contribution is -2.05. The first kappa shape index (κ1) is 16.3. The Morgan fingerprint density at radius 2 is 1.88 bits per heavy atom. The molecule has 9 heteroatoms. The second kappa shape index (κ2) is 6.90. The average molecular weight is 363 g/mol. The van der Waals surface area contributed by atoms with Gasteiger partial charge in [-0.2, -0.15) is 4.68 Å². The SMILES string of the molecule is O=C(CSc1nnnn1-c1ccc(Cl)cc1)c1ccc(O)c(O)c1. The number of hydrogen-bond acceptors (Lipinski definition) is 7. The summed E-state index contributed by atoms with van der Waals surface area (Å²) in [6, 6.07) is 10.9. The van der Waals surface area contributed by atoms with Crippen LogP contribution in [0.15, 0.2) is 47.6 Å². The predicted octanol–water partition coefficient (Wildman–Crippen LogP) is 2.70. The second-order valence-corrected chi connectivity index (χ2v) is 6.14. The van der Waals surface area contributed by atoms with Crippen LogP contribution in [0.3, 0.4) is 0 Å². The first-order chi connectivity index (χ1) is 11.5. The number of phenols is 2. The molecule has 1 heterocycles. The zero-order valence-electron chi connectivity index (χ0n) is 12.1. The monoisotopic (exact) mass is 362 g/mol. The van der Waals surface area contributed by atoms with Crippen LogP contribution in [-0.2, 0) is 0 Å². The van der Waals surface area contributed by atoms with Crippen molar-refractivity contribution in [1.29, 1.82) is 0 Å². The van der Waals surface area contributed by atoms with Crippen LogP contribution in [0.4, 0.5) is 0 Å². The lowest BCUT2D eigenvalue weighted by Gasteiger charge is -2.05. The molecule has 24 heavy (non-hydrogen) atoms. The van der Waals surface area contributed by atoms with Crippen molar-refractivity contribution in [3.05, 3.63) is 53.1 Å². The van der Waals surface area contributed by atoms with E-state index in [0.717, 1.165) is 5.69 Å². The molecule has 0 amide bonds. The molecule has 0 aliphatic carbocycles. The summed E-state index contributed by atoms with van der Waals surface area (Å²) in [6.45, 7) is 0. The van der Waals surface area contributed by atoms with Gasteiger partial charge in [0.25, 0.3) is 0 Å². The summed E-state index contributed by atoms with van der Waals surface area (Å²) >= 11 is 7.02. The van der Waals surface area contributed by atoms with Crippen molar-refractivity contribution in [2.45, 2.75) is 5.16 Å². The Kier molecular flexibility index (Phi) is 4.68. The highest BCUT2D eigenvalue weighted by molar-refractivity contribution is 7.99. The number of carbonyl (C=O) groups is 1. The van der Waals surface area contributed by atoms with Gasteiger partial charge in [0.2, 0.25) is 5.16 Å². The summed E-state index contributed by atoms with van der Waals surface area (Å²) in [6.07, 6.45) is 0. The Labute approximate surface area is 145 Å². The molecule has 1 aromatic heterocycles. The van der Waals surface area contributed by atoms with Crippen molar-refractivity contribution >= 4 is 29.1 Å². The van der Waals surface area contributed by atoms with Gasteiger partial charge in [-0.25, -0.2) is 0 Å². The van der Waals surface area contributed by atoms with Crippen LogP contribution in [0.5, 0.6) is 11.5 Å². The number of thioether (sulfide) groups is 1. The van der Waals surface area contributed by atoms with Crippen molar-refractivity contribution < 1.29 is 15.0 Å². The fourth-order valence-electron chi connectivity index (χ4n) is 1.92. The van der Waals surface area contributed by atoms with Gasteiger partial charge >= 0.3 is 0 Å². The Morgan fingerprint density at radius 1 is 1.12 bits per heavy atom. The molecular formula is C15H11ClN4O3S. The minimum absolute atomic E-state index is 0.0815. The van der Waals surface area contributed by atoms with E-state index in [2.05, 4.69) is 15.5 Å². The molecule has 122 valence electrons. The molecule has 0 radical (unpaired) electrons. The number of ketones is 1. The summed E-state index contributed by atoms with van der Waals surface area (Å²) in [5.41, 5.74) is 1.02. The van der Waals surface area contributed by atoms with Gasteiger partial charge in [-0.15, -0.1) is 5.10 Å². The first-order valence-corrected chi connectivity index (χ1v) is 8.13. The number of aromatic hydroxyl groups is 2. The highest BCUT2D eigenvalue weighted by Gasteiger charge is 2.14. The van der Waals surface area contributed by atoms with E-state index >= 15 is 0 Å². The minimum atomic E-state index is -0.336. The molecular weight excluding hydrogens is 352 g/mol. The summed E-state index contributed by atoms with van der Waals surface area (Å²) in [7, 11) is 0. The van der Waals surface area contributed by atoms with Gasteiger partial charge in [0.05, 0.1) is 11.4 Å². The fourth-order valence-corrected chi connectivity index (χ4v) is 2.83. The molecule has 3 rings (SSSR count). The summed E-state index contributed by atoms with van der Waals surface area (Å²) in [5, 5.41) is 31.2. The second-order valence-electron chi connectivity index (χ2n) is 4.77. The summed E-state index contributed by atoms with van der Waals surface area (Å²) < 4.78 is 1.50. The van der Waals surface area contributed by atoms with Gasteiger partial charge in [0.15, 0.2) is 17.3 Å². The number of benzene rings is 2. The third kappa shape index (κ3) is 3.50. The van der Waals surface area contributed by atoms with E-state index < -0.39 is 0 Å². The summed E-state index contributed by atoms with van der Waals surface area (Å²) in [5.74, 6) is -0.748. The van der Waals surface area contributed by atoms with Gasteiger partial charge in [-0.05, 0) is 52.9 Å². The molecule has 0 atom stereocenters. The molecule has 0 saturated carbocycles. The molecule has 0 aliphatic rings. The van der Waals surface area contributed by atoms with Crippen molar-refractivity contribution in [3.8, 4) is 17.2 Å². The van der Waals surface area contributed by atoms with Crippen LogP contribution in [0, 0.1) is 0 Å². The van der Waals surface area contributed by atoms with Crippen molar-refractivity contribution in [1.82, 2.24) is 20.2 Å². The van der Waals surface area contributed by atoms with E-state index in [4.69, 9.17) is 11.6 Å². The molecule has 7 nitrogen and oxygen atoms in total. The normalized spacial score (nSPS) is 10.7. The zero-order chi connectivity index (χ0) is 17.1. The van der Waals surface area contributed by atoms with E-state index in [1.807, 2.05) is 0 Å². The molecule has 2 N–H and O–H groups in total. The van der Waals surface area contributed by atoms with E-state index in [1.54, 1.807) is 24.3 Å². The van der Waals surface area contributed by atoms with Crippen LogP contribution in [0.1, 0.15) is 10.4 Å². The lowest BCUT2D eigenvalue weighted by atomic mass is 10.1. The van der Waals surface area contributed by atoms with Gasteiger partial charge in [0.1, 0.15) is 0 Å². The number of carbonyl (C=O) groups excluding carboxylic acids is 1. The average Bonchev–Trinajstić information content (AvgIpc) is 3.04. The molecule has 0 spiro atoms. The quantitative estimate of drug-likeness (QED) is 0.408. The maximum absolute atomic E-state index is 12.2. The Balaban J connectivity index is 1.73. The van der Waals surface area contributed by atoms with E-state index in [-0.39, 0.29) is 23.0 Å². The Bertz CT molecular complexity index is 883.